The number of pyridine rings is 1. The van der Waals surface area contributed by atoms with Crippen molar-refractivity contribution in [1.29, 1.82) is 0 Å². The lowest BCUT2D eigenvalue weighted by Crippen LogP contribution is -2.35. The van der Waals surface area contributed by atoms with E-state index in [1.807, 2.05) is 6.07 Å². The highest BCUT2D eigenvalue weighted by Gasteiger charge is 2.26. The number of piperidine rings is 1. The van der Waals surface area contributed by atoms with Gasteiger partial charge in [0.2, 0.25) is 10.0 Å². The number of nitrogens with one attached hydrogen (secondary N) is 1. The molecule has 0 radical (unpaired) electrons. The van der Waals surface area contributed by atoms with Gasteiger partial charge in [-0.05, 0) is 36.6 Å². The Balaban J connectivity index is 1.47. The van der Waals surface area contributed by atoms with Crippen molar-refractivity contribution < 1.29 is 17.6 Å². The van der Waals surface area contributed by atoms with Crippen LogP contribution < -0.4 is 5.32 Å². The first-order valence-corrected chi connectivity index (χ1v) is 12.8. The summed E-state index contributed by atoms with van der Waals surface area (Å²) >= 11 is 6.21. The fourth-order valence-corrected chi connectivity index (χ4v) is 6.41. The normalized spacial score (nSPS) is 19.1. The molecule has 1 aromatic carbocycles. The van der Waals surface area contributed by atoms with Crippen molar-refractivity contribution in [3.63, 3.8) is 0 Å². The Labute approximate surface area is 194 Å². The van der Waals surface area contributed by atoms with Crippen LogP contribution >= 0.6 is 24.0 Å². The number of thioether (sulfide) groups is 1. The molecule has 0 spiro atoms. The molecule has 0 aliphatic carbocycles. The number of hydrogen-bond donors (Lipinski definition) is 1. The summed E-state index contributed by atoms with van der Waals surface area (Å²) in [6.45, 7) is 1.14. The van der Waals surface area contributed by atoms with Gasteiger partial charge in [0.25, 0.3) is 5.91 Å². The number of nitrogens with zero attached hydrogens (tertiary/aromatic N) is 2. The van der Waals surface area contributed by atoms with Crippen molar-refractivity contribution in [2.75, 3.05) is 13.1 Å². The van der Waals surface area contributed by atoms with Crippen molar-refractivity contribution in [3.05, 3.63) is 53.4 Å². The van der Waals surface area contributed by atoms with Crippen LogP contribution in [0.1, 0.15) is 25.0 Å². The molecule has 10 heteroatoms. The van der Waals surface area contributed by atoms with Gasteiger partial charge in [0.05, 0.1) is 9.80 Å². The molecule has 0 atom stereocenters. The number of rotatable bonds is 4. The number of hydrogen-bond acceptors (Lipinski definition) is 7. The van der Waals surface area contributed by atoms with Crippen LogP contribution in [0.5, 0.6) is 0 Å². The lowest BCUT2D eigenvalue weighted by atomic mass is 10.1. The molecule has 164 valence electrons. The first kappa shape index (κ1) is 21.3. The smallest absolute Gasteiger partial charge is 0.263 e. The van der Waals surface area contributed by atoms with Crippen LogP contribution in [0.2, 0.25) is 0 Å². The first-order valence-electron chi connectivity index (χ1n) is 10.1. The Morgan fingerprint density at radius 3 is 2.56 bits per heavy atom. The molecular formula is C22H19N3O4S3. The molecule has 2 aliphatic rings. The standard InChI is InChI=1S/C22H19N3O4S3/c26-21-19(31-22(30)24-21)11-16-10-15-12-23-13-18(20(15)29-16)14-4-6-17(7-5-14)32(27,28)25-8-2-1-3-9-25/h4-7,10-13H,1-3,8-9H2,(H,24,26,30)/b19-11+. The highest BCUT2D eigenvalue weighted by molar-refractivity contribution is 8.26. The average molecular weight is 486 g/mol. The Morgan fingerprint density at radius 2 is 1.88 bits per heavy atom. The zero-order chi connectivity index (χ0) is 22.3. The molecule has 5 rings (SSSR count). The summed E-state index contributed by atoms with van der Waals surface area (Å²) in [5.41, 5.74) is 2.15. The summed E-state index contributed by atoms with van der Waals surface area (Å²) in [6, 6.07) is 8.61. The van der Waals surface area contributed by atoms with Gasteiger partial charge < -0.3 is 9.73 Å². The second-order valence-corrected chi connectivity index (χ2v) is 11.3. The first-order chi connectivity index (χ1) is 15.4. The monoisotopic (exact) mass is 485 g/mol. The third-order valence-electron chi connectivity index (χ3n) is 5.48. The summed E-state index contributed by atoms with van der Waals surface area (Å²) in [5, 5.41) is 3.36. The van der Waals surface area contributed by atoms with Gasteiger partial charge in [0.15, 0.2) is 0 Å². The van der Waals surface area contributed by atoms with Crippen LogP contribution in [0.15, 0.2) is 56.9 Å². The van der Waals surface area contributed by atoms with E-state index in [0.29, 0.717) is 33.7 Å². The fraction of sp³-hybridized carbons (Fsp3) is 0.227. The van der Waals surface area contributed by atoms with Crippen LogP contribution in [0, 0.1) is 0 Å². The van der Waals surface area contributed by atoms with E-state index in [1.54, 1.807) is 47.0 Å². The summed E-state index contributed by atoms with van der Waals surface area (Å²) < 4.78 is 33.8. The number of furan rings is 1. The van der Waals surface area contributed by atoms with Crippen LogP contribution in [0.3, 0.4) is 0 Å². The molecule has 1 N–H and O–H groups in total. The minimum atomic E-state index is -3.49. The highest BCUT2D eigenvalue weighted by atomic mass is 32.2. The van der Waals surface area contributed by atoms with Crippen molar-refractivity contribution in [2.24, 2.45) is 0 Å². The second-order valence-electron chi connectivity index (χ2n) is 7.60. The molecule has 3 aromatic rings. The predicted octanol–water partition coefficient (Wildman–Crippen LogP) is 4.16. The number of carbonyl (C=O) groups excluding carboxylic acids is 1. The topological polar surface area (TPSA) is 92.5 Å². The second kappa shape index (κ2) is 8.43. The molecule has 2 aromatic heterocycles. The molecule has 4 heterocycles. The third-order valence-corrected chi connectivity index (χ3v) is 8.55. The van der Waals surface area contributed by atoms with Gasteiger partial charge in [-0.3, -0.25) is 9.78 Å². The highest BCUT2D eigenvalue weighted by Crippen LogP contribution is 2.33. The summed E-state index contributed by atoms with van der Waals surface area (Å²) in [5.74, 6) is 0.269. The lowest BCUT2D eigenvalue weighted by Gasteiger charge is -2.25. The minimum absolute atomic E-state index is 0.246. The average Bonchev–Trinajstić information content (AvgIpc) is 3.35. The minimum Gasteiger partial charge on any atom is -0.456 e. The van der Waals surface area contributed by atoms with Crippen molar-refractivity contribution in [1.82, 2.24) is 14.6 Å². The molecule has 7 nitrogen and oxygen atoms in total. The van der Waals surface area contributed by atoms with Gasteiger partial charge in [0, 0.05) is 42.5 Å². The molecule has 0 saturated carbocycles. The van der Waals surface area contributed by atoms with Crippen molar-refractivity contribution in [3.8, 4) is 11.1 Å². The number of thiocarbonyl (C=S) groups is 1. The maximum atomic E-state index is 12.9. The quantitative estimate of drug-likeness (QED) is 0.438. The van der Waals surface area contributed by atoms with Gasteiger partial charge in [-0.1, -0.05) is 42.5 Å². The van der Waals surface area contributed by atoms with Gasteiger partial charge >= 0.3 is 0 Å². The van der Waals surface area contributed by atoms with Gasteiger partial charge in [-0.15, -0.1) is 0 Å². The number of aromatic nitrogens is 1. The molecule has 2 fully saturated rings. The predicted molar refractivity (Wildman–Crippen MR) is 128 cm³/mol. The van der Waals surface area contributed by atoms with E-state index in [1.165, 1.54) is 11.8 Å². The van der Waals surface area contributed by atoms with Crippen LogP contribution in [0.25, 0.3) is 28.2 Å². The molecule has 32 heavy (non-hydrogen) atoms. The maximum absolute atomic E-state index is 12.9. The van der Waals surface area contributed by atoms with E-state index in [0.717, 1.165) is 35.8 Å². The summed E-state index contributed by atoms with van der Waals surface area (Å²) in [7, 11) is -3.49. The Bertz CT molecular complexity index is 1350. The summed E-state index contributed by atoms with van der Waals surface area (Å²) in [4.78, 5) is 17.0. The molecule has 1 amide bonds. The van der Waals surface area contributed by atoms with Crippen LogP contribution in [-0.2, 0) is 14.8 Å². The fourth-order valence-electron chi connectivity index (χ4n) is 3.87. The number of carbonyl (C=O) groups is 1. The van der Waals surface area contributed by atoms with E-state index in [4.69, 9.17) is 16.6 Å². The SMILES string of the molecule is O=C1NC(=S)S/C1=C/c1cc2cncc(-c3ccc(S(=O)(=O)N4CCCCC4)cc3)c2o1. The van der Waals surface area contributed by atoms with E-state index in [2.05, 4.69) is 10.3 Å². The number of fused-ring (bicyclic) bond motifs is 1. The van der Waals surface area contributed by atoms with E-state index >= 15 is 0 Å². The molecule has 0 bridgehead atoms. The number of benzene rings is 1. The summed E-state index contributed by atoms with van der Waals surface area (Å²) in [6.07, 6.45) is 7.88. The van der Waals surface area contributed by atoms with Crippen LogP contribution in [-0.4, -0.2) is 41.0 Å². The third kappa shape index (κ3) is 3.99. The van der Waals surface area contributed by atoms with Gasteiger partial charge in [-0.25, -0.2) is 8.42 Å². The van der Waals surface area contributed by atoms with Gasteiger partial charge in [-0.2, -0.15) is 4.31 Å². The van der Waals surface area contributed by atoms with Crippen LogP contribution in [0.4, 0.5) is 0 Å². The van der Waals surface area contributed by atoms with Crippen molar-refractivity contribution in [2.45, 2.75) is 24.2 Å². The maximum Gasteiger partial charge on any atom is 0.263 e. The molecule has 0 unspecified atom stereocenters. The van der Waals surface area contributed by atoms with E-state index in [9.17, 15) is 13.2 Å². The number of amides is 1. The largest absolute Gasteiger partial charge is 0.456 e. The van der Waals surface area contributed by atoms with E-state index in [-0.39, 0.29) is 10.8 Å². The Hall–Kier alpha value is -2.53. The zero-order valence-corrected chi connectivity index (χ0v) is 19.4. The Kier molecular flexibility index (Phi) is 5.62. The number of sulfonamides is 1. The van der Waals surface area contributed by atoms with E-state index < -0.39 is 10.0 Å². The van der Waals surface area contributed by atoms with Gasteiger partial charge in [0.1, 0.15) is 15.7 Å². The molecular weight excluding hydrogens is 466 g/mol. The van der Waals surface area contributed by atoms with Crippen molar-refractivity contribution >= 4 is 61.3 Å². The molecule has 2 aliphatic heterocycles. The lowest BCUT2D eigenvalue weighted by molar-refractivity contribution is -0.115. The zero-order valence-electron chi connectivity index (χ0n) is 16.9. The Morgan fingerprint density at radius 1 is 1.12 bits per heavy atom. The molecule has 2 saturated heterocycles.